The van der Waals surface area contributed by atoms with Crippen LogP contribution in [-0.2, 0) is 0 Å². The molecule has 27 heavy (non-hydrogen) atoms. The third-order valence-corrected chi connectivity index (χ3v) is 13.7. The summed E-state index contributed by atoms with van der Waals surface area (Å²) < 4.78 is 14.1. The zero-order chi connectivity index (χ0) is 18.5. The molecule has 0 bridgehead atoms. The Balaban J connectivity index is 1.99. The summed E-state index contributed by atoms with van der Waals surface area (Å²) >= 11 is -3.80. The van der Waals surface area contributed by atoms with Crippen LogP contribution >= 0.6 is 0 Å². The zero-order valence-electron chi connectivity index (χ0n) is 14.6. The van der Waals surface area contributed by atoms with Crippen molar-refractivity contribution in [3.8, 4) is 5.95 Å². The SMILES string of the molecule is O=[C](Oc1ccco1)[Ge]([c]1ccccc1)([c]1ccccc1)[c]1ccccc1. The monoisotopic (exact) mass is 416 g/mol. The summed E-state index contributed by atoms with van der Waals surface area (Å²) in [6, 6.07) is 33.3. The van der Waals surface area contributed by atoms with Crippen molar-refractivity contribution in [1.82, 2.24) is 0 Å². The first-order valence-corrected chi connectivity index (χ1v) is 12.9. The van der Waals surface area contributed by atoms with Gasteiger partial charge in [-0.2, -0.15) is 0 Å². The van der Waals surface area contributed by atoms with E-state index in [-0.39, 0.29) is 10.7 Å². The van der Waals surface area contributed by atoms with Crippen molar-refractivity contribution in [2.24, 2.45) is 0 Å². The van der Waals surface area contributed by atoms with Gasteiger partial charge in [0.05, 0.1) is 0 Å². The second-order valence-corrected chi connectivity index (χ2v) is 13.8. The van der Waals surface area contributed by atoms with Gasteiger partial charge in [-0.05, 0) is 0 Å². The fraction of sp³-hybridized carbons (Fsp3) is 0. The topological polar surface area (TPSA) is 39.4 Å². The number of hydrogen-bond acceptors (Lipinski definition) is 3. The Morgan fingerprint density at radius 3 is 1.44 bits per heavy atom. The molecule has 0 radical (unpaired) electrons. The van der Waals surface area contributed by atoms with Crippen molar-refractivity contribution >= 4 is 31.3 Å². The molecular formula is C23H18GeO3. The van der Waals surface area contributed by atoms with Gasteiger partial charge < -0.3 is 0 Å². The zero-order valence-corrected chi connectivity index (χ0v) is 16.7. The average Bonchev–Trinajstić information content (AvgIpc) is 3.24. The van der Waals surface area contributed by atoms with Gasteiger partial charge in [0.15, 0.2) is 0 Å². The van der Waals surface area contributed by atoms with Gasteiger partial charge in [-0.15, -0.1) is 0 Å². The summed E-state index contributed by atoms with van der Waals surface area (Å²) in [7, 11) is 0. The van der Waals surface area contributed by atoms with Crippen LogP contribution in [0.3, 0.4) is 0 Å². The van der Waals surface area contributed by atoms with Crippen molar-refractivity contribution in [2.45, 2.75) is 0 Å². The molecule has 4 heteroatoms. The molecule has 4 rings (SSSR count). The normalized spacial score (nSPS) is 11.1. The predicted molar refractivity (Wildman–Crippen MR) is 109 cm³/mol. The fourth-order valence-electron chi connectivity index (χ4n) is 3.41. The Morgan fingerprint density at radius 2 is 1.07 bits per heavy atom. The van der Waals surface area contributed by atoms with E-state index in [4.69, 9.17) is 9.15 Å². The van der Waals surface area contributed by atoms with E-state index in [9.17, 15) is 4.79 Å². The molecule has 0 N–H and O–H groups in total. The predicted octanol–water partition coefficient (Wildman–Crippen LogP) is 3.53. The van der Waals surface area contributed by atoms with E-state index in [1.807, 2.05) is 91.0 Å². The van der Waals surface area contributed by atoms with E-state index in [1.54, 1.807) is 12.1 Å². The second-order valence-electron chi connectivity index (χ2n) is 6.17. The Kier molecular flexibility index (Phi) is 4.94. The summed E-state index contributed by atoms with van der Waals surface area (Å²) in [5.74, 6) is 0.220. The van der Waals surface area contributed by atoms with E-state index >= 15 is 0 Å². The van der Waals surface area contributed by atoms with Crippen LogP contribution in [0.1, 0.15) is 0 Å². The minimum absolute atomic E-state index is 0.220. The standard InChI is InChI=1S/C23H18GeO3/c25-23(27-22-17-10-18-26-22)24(19-11-4-1-5-12-19,20-13-6-2-7-14-20)21-15-8-3-9-16-21/h1-18H. The van der Waals surface area contributed by atoms with E-state index < -0.39 is 13.3 Å². The van der Waals surface area contributed by atoms with Crippen LogP contribution in [0, 0.1) is 0 Å². The van der Waals surface area contributed by atoms with Gasteiger partial charge in [-0.3, -0.25) is 0 Å². The molecule has 0 saturated carbocycles. The van der Waals surface area contributed by atoms with Crippen molar-refractivity contribution in [3.05, 3.63) is 109 Å². The first kappa shape index (κ1) is 17.4. The molecule has 0 amide bonds. The van der Waals surface area contributed by atoms with Gasteiger partial charge >= 0.3 is 161 Å². The molecule has 3 nitrogen and oxygen atoms in total. The Hall–Kier alpha value is -3.05. The molecule has 0 saturated heterocycles. The van der Waals surface area contributed by atoms with Crippen LogP contribution < -0.4 is 17.9 Å². The van der Waals surface area contributed by atoms with E-state index in [1.165, 1.54) is 6.26 Å². The van der Waals surface area contributed by atoms with Gasteiger partial charge in [0.1, 0.15) is 0 Å². The number of hydrogen-bond donors (Lipinski definition) is 0. The van der Waals surface area contributed by atoms with Crippen molar-refractivity contribution in [2.75, 3.05) is 0 Å². The number of carbonyl (C=O) groups is 1. The van der Waals surface area contributed by atoms with Crippen LogP contribution in [0.15, 0.2) is 114 Å². The van der Waals surface area contributed by atoms with Gasteiger partial charge in [0, 0.05) is 0 Å². The molecule has 0 aliphatic rings. The number of benzene rings is 3. The van der Waals surface area contributed by atoms with E-state index in [0.717, 1.165) is 13.2 Å². The molecule has 0 unspecified atom stereocenters. The van der Waals surface area contributed by atoms with E-state index in [2.05, 4.69) is 0 Å². The van der Waals surface area contributed by atoms with Crippen molar-refractivity contribution in [1.29, 1.82) is 0 Å². The molecule has 1 aromatic heterocycles. The molecule has 1 heterocycles. The molecule has 3 aromatic carbocycles. The number of ether oxygens (including phenoxy) is 1. The van der Waals surface area contributed by atoms with Crippen LogP contribution in [0.5, 0.6) is 5.95 Å². The Morgan fingerprint density at radius 1 is 0.630 bits per heavy atom. The first-order chi connectivity index (χ1) is 13.3. The molecule has 0 atom stereocenters. The summed E-state index contributed by atoms with van der Waals surface area (Å²) in [6.45, 7) is 0. The quantitative estimate of drug-likeness (QED) is 0.469. The van der Waals surface area contributed by atoms with Crippen LogP contribution in [0.4, 0.5) is 4.79 Å². The molecule has 0 aliphatic carbocycles. The molecule has 0 aliphatic heterocycles. The summed E-state index contributed by atoms with van der Waals surface area (Å²) in [5, 5.41) is 0. The Labute approximate surface area is 160 Å². The van der Waals surface area contributed by atoms with Gasteiger partial charge in [0.25, 0.3) is 0 Å². The van der Waals surface area contributed by atoms with Gasteiger partial charge in [-0.25, -0.2) is 0 Å². The number of furan rings is 1. The van der Waals surface area contributed by atoms with Gasteiger partial charge in [-0.1, -0.05) is 0 Å². The molecule has 4 aromatic rings. The van der Waals surface area contributed by atoms with Crippen LogP contribution in [0.25, 0.3) is 0 Å². The molecule has 0 spiro atoms. The van der Waals surface area contributed by atoms with Crippen molar-refractivity contribution < 1.29 is 13.9 Å². The fourth-order valence-corrected chi connectivity index (χ4v) is 11.9. The third-order valence-electron chi connectivity index (χ3n) is 4.61. The average molecular weight is 415 g/mol. The summed E-state index contributed by atoms with van der Waals surface area (Å²) in [6.07, 6.45) is 1.50. The minimum atomic E-state index is -3.80. The second kappa shape index (κ2) is 7.68. The van der Waals surface area contributed by atoms with Crippen molar-refractivity contribution in [3.63, 3.8) is 0 Å². The van der Waals surface area contributed by atoms with Crippen LogP contribution in [0.2, 0.25) is 0 Å². The molecular weight excluding hydrogens is 397 g/mol. The maximum absolute atomic E-state index is 13.7. The maximum atomic E-state index is 13.7. The van der Waals surface area contributed by atoms with E-state index in [0.29, 0.717) is 0 Å². The summed E-state index contributed by atoms with van der Waals surface area (Å²) in [5.41, 5.74) is 0. The summed E-state index contributed by atoms with van der Waals surface area (Å²) in [4.78, 5) is 13.5. The Bertz CT molecular complexity index is 901. The third kappa shape index (κ3) is 3.22. The molecule has 132 valence electrons. The molecule has 0 fully saturated rings. The first-order valence-electron chi connectivity index (χ1n) is 8.74. The van der Waals surface area contributed by atoms with Crippen LogP contribution in [-0.4, -0.2) is 18.1 Å². The number of rotatable bonds is 5. The number of carbonyl (C=O) groups excluding carboxylic acids is 1. The van der Waals surface area contributed by atoms with Gasteiger partial charge in [0.2, 0.25) is 0 Å².